The lowest BCUT2D eigenvalue weighted by Crippen LogP contribution is -1.80. The van der Waals surface area contributed by atoms with E-state index in [4.69, 9.17) is 21.1 Å². The molecule has 78 valence electrons. The Kier molecular flexibility index (Phi) is 2.75. The Bertz CT molecular complexity index is 479. The fraction of sp³-hybridized carbons (Fsp3) is 0.0909. The standard InChI is InChI=1S/C11H8ClFO2/c12-10-3-1-7(13)5-9(10)11-4-2-8(6-14)15-11/h1-5,14H,6H2. The summed E-state index contributed by atoms with van der Waals surface area (Å²) in [5, 5.41) is 9.23. The fourth-order valence-electron chi connectivity index (χ4n) is 1.29. The minimum absolute atomic E-state index is 0.188. The highest BCUT2D eigenvalue weighted by molar-refractivity contribution is 6.33. The molecular weight excluding hydrogens is 219 g/mol. The third-order valence-electron chi connectivity index (χ3n) is 2.01. The van der Waals surface area contributed by atoms with Crippen molar-refractivity contribution in [3.8, 4) is 11.3 Å². The molecule has 0 saturated carbocycles. The van der Waals surface area contributed by atoms with Crippen molar-refractivity contribution in [3.05, 3.63) is 46.9 Å². The van der Waals surface area contributed by atoms with E-state index >= 15 is 0 Å². The van der Waals surface area contributed by atoms with Gasteiger partial charge in [-0.2, -0.15) is 0 Å². The van der Waals surface area contributed by atoms with Gasteiger partial charge in [0.1, 0.15) is 23.9 Å². The molecule has 0 fully saturated rings. The Balaban J connectivity index is 2.48. The monoisotopic (exact) mass is 226 g/mol. The van der Waals surface area contributed by atoms with E-state index < -0.39 is 0 Å². The number of benzene rings is 1. The summed E-state index contributed by atoms with van der Waals surface area (Å²) in [7, 11) is 0. The third-order valence-corrected chi connectivity index (χ3v) is 2.34. The number of hydrogen-bond donors (Lipinski definition) is 1. The van der Waals surface area contributed by atoms with Crippen LogP contribution in [0.2, 0.25) is 5.02 Å². The van der Waals surface area contributed by atoms with Crippen LogP contribution in [0.4, 0.5) is 4.39 Å². The van der Waals surface area contributed by atoms with Crippen molar-refractivity contribution in [2.75, 3.05) is 0 Å². The number of hydrogen-bond acceptors (Lipinski definition) is 2. The van der Waals surface area contributed by atoms with Gasteiger partial charge in [-0.25, -0.2) is 4.39 Å². The van der Waals surface area contributed by atoms with Crippen molar-refractivity contribution >= 4 is 11.6 Å². The lowest BCUT2D eigenvalue weighted by Gasteiger charge is -2.00. The van der Waals surface area contributed by atoms with Gasteiger partial charge in [0, 0.05) is 5.56 Å². The van der Waals surface area contributed by atoms with Gasteiger partial charge in [0.25, 0.3) is 0 Å². The number of rotatable bonds is 2. The molecule has 1 heterocycles. The van der Waals surface area contributed by atoms with Gasteiger partial charge in [0.05, 0.1) is 5.02 Å². The highest BCUT2D eigenvalue weighted by Crippen LogP contribution is 2.29. The molecular formula is C11H8ClFO2. The second kappa shape index (κ2) is 4.04. The molecule has 0 radical (unpaired) electrons. The summed E-state index contributed by atoms with van der Waals surface area (Å²) in [4.78, 5) is 0. The summed E-state index contributed by atoms with van der Waals surface area (Å²) in [5.74, 6) is 0.491. The van der Waals surface area contributed by atoms with Crippen LogP contribution in [0.5, 0.6) is 0 Å². The molecule has 0 saturated heterocycles. The first-order valence-electron chi connectivity index (χ1n) is 4.35. The molecule has 1 aromatic heterocycles. The molecule has 0 aliphatic carbocycles. The number of aliphatic hydroxyl groups excluding tert-OH is 1. The summed E-state index contributed by atoms with van der Waals surface area (Å²) < 4.78 is 18.2. The summed E-state index contributed by atoms with van der Waals surface area (Å²) in [6.07, 6.45) is 0. The molecule has 0 aliphatic heterocycles. The Morgan fingerprint density at radius 1 is 1.27 bits per heavy atom. The lowest BCUT2D eigenvalue weighted by atomic mass is 10.2. The zero-order valence-corrected chi connectivity index (χ0v) is 8.46. The minimum Gasteiger partial charge on any atom is -0.459 e. The van der Waals surface area contributed by atoms with Gasteiger partial charge in [-0.3, -0.25) is 0 Å². The Morgan fingerprint density at radius 2 is 2.07 bits per heavy atom. The number of halogens is 2. The van der Waals surface area contributed by atoms with E-state index in [9.17, 15) is 4.39 Å². The van der Waals surface area contributed by atoms with Crippen LogP contribution in [0.1, 0.15) is 5.76 Å². The largest absolute Gasteiger partial charge is 0.459 e. The quantitative estimate of drug-likeness (QED) is 0.853. The molecule has 0 amide bonds. The van der Waals surface area contributed by atoms with Crippen LogP contribution >= 0.6 is 11.6 Å². The maximum Gasteiger partial charge on any atom is 0.136 e. The maximum atomic E-state index is 13.0. The molecule has 0 spiro atoms. The maximum absolute atomic E-state index is 13.0. The molecule has 0 atom stereocenters. The Hall–Kier alpha value is -1.32. The zero-order chi connectivity index (χ0) is 10.8. The minimum atomic E-state index is -0.378. The van der Waals surface area contributed by atoms with Crippen LogP contribution in [0.15, 0.2) is 34.7 Å². The van der Waals surface area contributed by atoms with Gasteiger partial charge in [0.2, 0.25) is 0 Å². The molecule has 2 rings (SSSR count). The fourth-order valence-corrected chi connectivity index (χ4v) is 1.50. The molecule has 2 nitrogen and oxygen atoms in total. The van der Waals surface area contributed by atoms with Gasteiger partial charge >= 0.3 is 0 Å². The molecule has 15 heavy (non-hydrogen) atoms. The van der Waals surface area contributed by atoms with Gasteiger partial charge in [0.15, 0.2) is 0 Å². The van der Waals surface area contributed by atoms with Crippen LogP contribution in [0, 0.1) is 5.82 Å². The van der Waals surface area contributed by atoms with E-state index in [2.05, 4.69) is 0 Å². The topological polar surface area (TPSA) is 33.4 Å². The molecule has 0 bridgehead atoms. The van der Waals surface area contributed by atoms with Crippen molar-refractivity contribution in [3.63, 3.8) is 0 Å². The van der Waals surface area contributed by atoms with Crippen molar-refractivity contribution in [2.24, 2.45) is 0 Å². The first-order valence-corrected chi connectivity index (χ1v) is 4.73. The average molecular weight is 227 g/mol. The summed E-state index contributed by atoms with van der Waals surface area (Å²) in [6, 6.07) is 7.31. The van der Waals surface area contributed by atoms with Crippen LogP contribution in [0.3, 0.4) is 0 Å². The number of furan rings is 1. The number of aliphatic hydroxyl groups is 1. The van der Waals surface area contributed by atoms with Crippen molar-refractivity contribution in [1.29, 1.82) is 0 Å². The third kappa shape index (κ3) is 2.03. The van der Waals surface area contributed by atoms with E-state index in [-0.39, 0.29) is 12.4 Å². The second-order valence-electron chi connectivity index (χ2n) is 3.05. The highest BCUT2D eigenvalue weighted by Gasteiger charge is 2.09. The molecule has 1 aromatic carbocycles. The second-order valence-corrected chi connectivity index (χ2v) is 3.46. The van der Waals surface area contributed by atoms with E-state index in [0.717, 1.165) is 0 Å². The van der Waals surface area contributed by atoms with Crippen LogP contribution in [0.25, 0.3) is 11.3 Å². The summed E-state index contributed by atoms with van der Waals surface area (Å²) in [6.45, 7) is -0.188. The predicted molar refractivity (Wildman–Crippen MR) is 55.0 cm³/mol. The van der Waals surface area contributed by atoms with E-state index in [1.54, 1.807) is 12.1 Å². The first-order chi connectivity index (χ1) is 7.20. The lowest BCUT2D eigenvalue weighted by molar-refractivity contribution is 0.248. The van der Waals surface area contributed by atoms with Gasteiger partial charge in [-0.15, -0.1) is 0 Å². The van der Waals surface area contributed by atoms with Crippen LogP contribution < -0.4 is 0 Å². The Morgan fingerprint density at radius 3 is 2.73 bits per heavy atom. The summed E-state index contributed by atoms with van der Waals surface area (Å²) >= 11 is 5.89. The normalized spacial score (nSPS) is 10.6. The Labute approximate surface area is 90.9 Å². The molecule has 1 N–H and O–H groups in total. The van der Waals surface area contributed by atoms with Gasteiger partial charge in [-0.1, -0.05) is 11.6 Å². The van der Waals surface area contributed by atoms with E-state index in [1.165, 1.54) is 18.2 Å². The van der Waals surface area contributed by atoms with Crippen LogP contribution in [-0.2, 0) is 6.61 Å². The van der Waals surface area contributed by atoms with Gasteiger partial charge in [-0.05, 0) is 30.3 Å². The van der Waals surface area contributed by atoms with Crippen LogP contribution in [-0.4, -0.2) is 5.11 Å². The smallest absolute Gasteiger partial charge is 0.136 e. The SMILES string of the molecule is OCc1ccc(-c2cc(F)ccc2Cl)o1. The predicted octanol–water partition coefficient (Wildman–Crippen LogP) is 3.23. The zero-order valence-electron chi connectivity index (χ0n) is 7.71. The molecule has 4 heteroatoms. The van der Waals surface area contributed by atoms with Crippen molar-refractivity contribution < 1.29 is 13.9 Å². The average Bonchev–Trinajstić information content (AvgIpc) is 2.70. The summed E-state index contributed by atoms with van der Waals surface area (Å²) in [5.41, 5.74) is 0.483. The molecule has 2 aromatic rings. The first kappa shape index (κ1) is 10.2. The van der Waals surface area contributed by atoms with E-state index in [0.29, 0.717) is 22.1 Å². The van der Waals surface area contributed by atoms with Crippen molar-refractivity contribution in [2.45, 2.75) is 6.61 Å². The van der Waals surface area contributed by atoms with Crippen molar-refractivity contribution in [1.82, 2.24) is 0 Å². The molecule has 0 unspecified atom stereocenters. The highest BCUT2D eigenvalue weighted by atomic mass is 35.5. The van der Waals surface area contributed by atoms with Gasteiger partial charge < -0.3 is 9.52 Å². The van der Waals surface area contributed by atoms with E-state index in [1.807, 2.05) is 0 Å². The molecule has 0 aliphatic rings.